The first kappa shape index (κ1) is 14.4. The van der Waals surface area contributed by atoms with Crippen molar-refractivity contribution in [1.82, 2.24) is 0 Å². The highest BCUT2D eigenvalue weighted by Gasteiger charge is 1.94. The molecule has 0 aromatic heterocycles. The van der Waals surface area contributed by atoms with Crippen molar-refractivity contribution < 1.29 is 0 Å². The minimum Gasteiger partial charge on any atom is -0.0654 e. The van der Waals surface area contributed by atoms with Gasteiger partial charge in [-0.1, -0.05) is 50.3 Å². The van der Waals surface area contributed by atoms with Gasteiger partial charge in [-0.3, -0.25) is 0 Å². The van der Waals surface area contributed by atoms with Gasteiger partial charge in [0.05, 0.1) is 0 Å². The van der Waals surface area contributed by atoms with Crippen LogP contribution in [0.4, 0.5) is 0 Å². The number of hydrogen-bond acceptors (Lipinski definition) is 0. The molecule has 2 rings (SSSR count). The van der Waals surface area contributed by atoms with Crippen LogP contribution in [0, 0.1) is 17.9 Å². The topological polar surface area (TPSA) is 0 Å². The maximum Gasteiger partial charge on any atom is 0.0257 e. The van der Waals surface area contributed by atoms with E-state index in [4.69, 9.17) is 0 Å². The molecule has 2 aromatic rings. The van der Waals surface area contributed by atoms with Crippen molar-refractivity contribution in [2.45, 2.75) is 39.5 Å². The van der Waals surface area contributed by atoms with Gasteiger partial charge in [0.1, 0.15) is 0 Å². The molecule has 0 aliphatic carbocycles. The van der Waals surface area contributed by atoms with E-state index in [0.717, 1.165) is 24.0 Å². The highest BCUT2D eigenvalue weighted by atomic mass is 14.0. The van der Waals surface area contributed by atoms with Crippen LogP contribution in [0.1, 0.15) is 48.9 Å². The summed E-state index contributed by atoms with van der Waals surface area (Å²) in [5, 5.41) is 0. The average Bonchev–Trinajstić information content (AvgIpc) is 2.52. The fraction of sp³-hybridized carbons (Fsp3) is 0.300. The molecule has 0 saturated carbocycles. The van der Waals surface area contributed by atoms with E-state index in [1.807, 2.05) is 6.07 Å². The summed E-state index contributed by atoms with van der Waals surface area (Å²) in [6.45, 7) is 4.38. The standard InChI is InChI=1S/C20H21/c1-3-5-7-19-8-6-9-20(16-19)15-14-18-12-10-17(4-2)11-13-18/h8-13,16H,3-5,7H2,1-2H3. The summed E-state index contributed by atoms with van der Waals surface area (Å²) in [5.74, 6) is 6.46. The molecule has 0 nitrogen and oxygen atoms in total. The Kier molecular flexibility index (Phi) is 5.44. The van der Waals surface area contributed by atoms with Crippen LogP contribution in [0.2, 0.25) is 0 Å². The van der Waals surface area contributed by atoms with Crippen LogP contribution in [-0.4, -0.2) is 0 Å². The van der Waals surface area contributed by atoms with E-state index in [2.05, 4.69) is 68.2 Å². The van der Waals surface area contributed by atoms with Gasteiger partial charge < -0.3 is 0 Å². The lowest BCUT2D eigenvalue weighted by molar-refractivity contribution is 0.795. The molecular formula is C20H21. The predicted molar refractivity (Wildman–Crippen MR) is 85.7 cm³/mol. The first-order valence-electron chi connectivity index (χ1n) is 7.42. The molecule has 0 fully saturated rings. The van der Waals surface area contributed by atoms with Crippen molar-refractivity contribution in [2.24, 2.45) is 0 Å². The van der Waals surface area contributed by atoms with E-state index in [-0.39, 0.29) is 0 Å². The van der Waals surface area contributed by atoms with Crippen molar-refractivity contribution in [3.05, 3.63) is 70.8 Å². The molecule has 0 amide bonds. The molecule has 1 radical (unpaired) electrons. The minimum absolute atomic E-state index is 1.05. The van der Waals surface area contributed by atoms with Crippen molar-refractivity contribution in [2.75, 3.05) is 0 Å². The van der Waals surface area contributed by atoms with Crippen LogP contribution in [0.15, 0.2) is 42.5 Å². The fourth-order valence-electron chi connectivity index (χ4n) is 2.09. The third-order valence-electron chi connectivity index (χ3n) is 3.38. The van der Waals surface area contributed by atoms with Gasteiger partial charge in [-0.2, -0.15) is 0 Å². The maximum atomic E-state index is 3.23. The molecule has 0 atom stereocenters. The van der Waals surface area contributed by atoms with Crippen LogP contribution < -0.4 is 0 Å². The molecule has 0 aliphatic heterocycles. The Labute approximate surface area is 122 Å². The van der Waals surface area contributed by atoms with Crippen molar-refractivity contribution in [3.8, 4) is 11.8 Å². The van der Waals surface area contributed by atoms with Crippen LogP contribution in [-0.2, 0) is 12.8 Å². The number of benzene rings is 2. The maximum absolute atomic E-state index is 3.23. The molecule has 101 valence electrons. The quantitative estimate of drug-likeness (QED) is 0.694. The third kappa shape index (κ3) is 4.28. The fourth-order valence-corrected chi connectivity index (χ4v) is 2.09. The Morgan fingerprint density at radius 1 is 0.900 bits per heavy atom. The number of rotatable bonds is 4. The molecule has 20 heavy (non-hydrogen) atoms. The predicted octanol–water partition coefficient (Wildman–Crippen LogP) is 4.79. The molecule has 0 aliphatic rings. The summed E-state index contributed by atoms with van der Waals surface area (Å²) < 4.78 is 0. The average molecular weight is 261 g/mol. The van der Waals surface area contributed by atoms with Crippen LogP contribution in [0.5, 0.6) is 0 Å². The van der Waals surface area contributed by atoms with Gasteiger partial charge in [0.15, 0.2) is 0 Å². The zero-order valence-electron chi connectivity index (χ0n) is 12.4. The lowest BCUT2D eigenvalue weighted by Gasteiger charge is -1.99. The summed E-state index contributed by atoms with van der Waals surface area (Å²) in [5.41, 5.74) is 4.81. The molecule has 0 heterocycles. The molecule has 0 spiro atoms. The Hall–Kier alpha value is -2.00. The van der Waals surface area contributed by atoms with Gasteiger partial charge >= 0.3 is 0 Å². The van der Waals surface area contributed by atoms with E-state index in [1.165, 1.54) is 24.0 Å². The summed E-state index contributed by atoms with van der Waals surface area (Å²) in [6, 6.07) is 17.9. The minimum atomic E-state index is 1.05. The number of hydrogen-bond donors (Lipinski definition) is 0. The van der Waals surface area contributed by atoms with E-state index in [9.17, 15) is 0 Å². The summed E-state index contributed by atoms with van der Waals surface area (Å²) >= 11 is 0. The normalized spacial score (nSPS) is 9.90. The smallest absolute Gasteiger partial charge is 0.0257 e. The molecule has 0 N–H and O–H groups in total. The lowest BCUT2D eigenvalue weighted by atomic mass is 10.1. The van der Waals surface area contributed by atoms with Gasteiger partial charge in [0.25, 0.3) is 0 Å². The van der Waals surface area contributed by atoms with Crippen molar-refractivity contribution >= 4 is 0 Å². The second-order valence-electron chi connectivity index (χ2n) is 5.03. The highest BCUT2D eigenvalue weighted by molar-refractivity contribution is 5.44. The SMILES string of the molecule is CCCCc1c[c]cc(C#Cc2ccc(CC)cc2)c1. The zero-order chi connectivity index (χ0) is 14.2. The Morgan fingerprint density at radius 3 is 2.35 bits per heavy atom. The van der Waals surface area contributed by atoms with Crippen molar-refractivity contribution in [3.63, 3.8) is 0 Å². The van der Waals surface area contributed by atoms with Crippen LogP contribution >= 0.6 is 0 Å². The lowest BCUT2D eigenvalue weighted by Crippen LogP contribution is -1.86. The summed E-state index contributed by atoms with van der Waals surface area (Å²) in [4.78, 5) is 0. The van der Waals surface area contributed by atoms with E-state index >= 15 is 0 Å². The molecule has 0 saturated heterocycles. The monoisotopic (exact) mass is 261 g/mol. The molecule has 2 aromatic carbocycles. The first-order chi connectivity index (χ1) is 9.81. The van der Waals surface area contributed by atoms with Gasteiger partial charge in [-0.25, -0.2) is 0 Å². The van der Waals surface area contributed by atoms with E-state index in [0.29, 0.717) is 0 Å². The van der Waals surface area contributed by atoms with Gasteiger partial charge in [-0.05, 0) is 60.7 Å². The second kappa shape index (κ2) is 7.56. The Bertz CT molecular complexity index is 594. The van der Waals surface area contributed by atoms with Crippen molar-refractivity contribution in [1.29, 1.82) is 0 Å². The molecule has 0 unspecified atom stereocenters. The van der Waals surface area contributed by atoms with Gasteiger partial charge in [-0.15, -0.1) is 0 Å². The molecular weight excluding hydrogens is 240 g/mol. The molecule has 0 heteroatoms. The van der Waals surface area contributed by atoms with Gasteiger partial charge in [0.2, 0.25) is 0 Å². The largest absolute Gasteiger partial charge is 0.0654 e. The van der Waals surface area contributed by atoms with Gasteiger partial charge in [0, 0.05) is 11.1 Å². The first-order valence-corrected chi connectivity index (χ1v) is 7.42. The van der Waals surface area contributed by atoms with E-state index in [1.54, 1.807) is 0 Å². The Morgan fingerprint density at radius 2 is 1.65 bits per heavy atom. The summed E-state index contributed by atoms with van der Waals surface area (Å²) in [6.07, 6.45) is 4.64. The second-order valence-corrected chi connectivity index (χ2v) is 5.03. The Balaban J connectivity index is 2.11. The third-order valence-corrected chi connectivity index (χ3v) is 3.38. The summed E-state index contributed by atoms with van der Waals surface area (Å²) in [7, 11) is 0. The van der Waals surface area contributed by atoms with Crippen LogP contribution in [0.25, 0.3) is 0 Å². The zero-order valence-corrected chi connectivity index (χ0v) is 12.4. The molecule has 0 bridgehead atoms. The van der Waals surface area contributed by atoms with Crippen LogP contribution in [0.3, 0.4) is 0 Å². The number of unbranched alkanes of at least 4 members (excludes halogenated alkanes) is 1. The highest BCUT2D eigenvalue weighted by Crippen LogP contribution is 2.08. The van der Waals surface area contributed by atoms with E-state index < -0.39 is 0 Å². The number of aryl methyl sites for hydroxylation is 2.